The number of phenols is 1. The van der Waals surface area contributed by atoms with E-state index in [1.54, 1.807) is 0 Å². The summed E-state index contributed by atoms with van der Waals surface area (Å²) in [5.74, 6) is -1.21. The number of hydrogen-bond acceptors (Lipinski definition) is 7. The van der Waals surface area contributed by atoms with Gasteiger partial charge in [0.2, 0.25) is 0 Å². The van der Waals surface area contributed by atoms with Crippen LogP contribution in [-0.4, -0.2) is 38.7 Å². The number of nitro groups is 3. The van der Waals surface area contributed by atoms with Crippen LogP contribution in [0.5, 0.6) is 5.75 Å². The average molecular weight is 236 g/mol. The molecule has 0 fully saturated rings. The molecule has 1 aromatic rings. The predicted molar refractivity (Wildman–Crippen MR) is 53.8 cm³/mol. The van der Waals surface area contributed by atoms with E-state index in [1.807, 2.05) is 0 Å². The van der Waals surface area contributed by atoms with E-state index >= 15 is 0 Å². The van der Waals surface area contributed by atoms with Crippen molar-refractivity contribution in [3.63, 3.8) is 0 Å². The second kappa shape index (κ2) is 5.24. The largest absolute Gasteiger partial charge is 0.497 e. The summed E-state index contributed by atoms with van der Waals surface area (Å²) in [6, 6.07) is 0.894. The maximum absolute atomic E-state index is 10.4. The van der Waals surface area contributed by atoms with Gasteiger partial charge in [0.25, 0.3) is 11.4 Å². The first-order valence-corrected chi connectivity index (χ1v) is 3.64. The Hall–Kier alpha value is -2.18. The maximum atomic E-state index is 10.4. The Morgan fingerprint density at radius 1 is 0.882 bits per heavy atom. The SMILES string of the molecule is O=[N+]([O-])c1cc([N+](=O)[O-])c(O)c([N+](=O)[O-])c1.[Li]. The van der Waals surface area contributed by atoms with Gasteiger partial charge in [-0.05, 0) is 0 Å². The minimum absolute atomic E-state index is 0. The van der Waals surface area contributed by atoms with Gasteiger partial charge >= 0.3 is 11.4 Å². The summed E-state index contributed by atoms with van der Waals surface area (Å²) in [6.07, 6.45) is 0. The number of nitro benzene ring substituents is 3. The molecule has 0 saturated carbocycles. The van der Waals surface area contributed by atoms with Gasteiger partial charge in [-0.15, -0.1) is 0 Å². The smallest absolute Gasteiger partial charge is 0.324 e. The van der Waals surface area contributed by atoms with Gasteiger partial charge in [-0.2, -0.15) is 0 Å². The third-order valence-corrected chi connectivity index (χ3v) is 1.66. The number of phenolic OH excluding ortho intramolecular Hbond substituents is 1. The molecule has 1 aromatic carbocycles. The quantitative estimate of drug-likeness (QED) is 0.461. The van der Waals surface area contributed by atoms with E-state index in [0.29, 0.717) is 12.1 Å². The average Bonchev–Trinajstić information content (AvgIpc) is 2.16. The molecule has 1 rings (SSSR count). The minimum atomic E-state index is -1.21. The standard InChI is InChI=1S/C6H3N3O7.Li/c10-6-4(8(13)14)1-3(7(11)12)2-5(6)9(15)16;/h1-2,10H;. The van der Waals surface area contributed by atoms with Crippen molar-refractivity contribution in [3.05, 3.63) is 42.5 Å². The van der Waals surface area contributed by atoms with Gasteiger partial charge in [0.05, 0.1) is 26.9 Å². The van der Waals surface area contributed by atoms with Crippen molar-refractivity contribution < 1.29 is 19.9 Å². The fraction of sp³-hybridized carbons (Fsp3) is 0. The normalized spacial score (nSPS) is 9.18. The van der Waals surface area contributed by atoms with E-state index in [0.717, 1.165) is 0 Å². The van der Waals surface area contributed by atoms with Crippen LogP contribution < -0.4 is 0 Å². The summed E-state index contributed by atoms with van der Waals surface area (Å²) in [7, 11) is 0. The number of aromatic hydroxyl groups is 1. The number of rotatable bonds is 3. The summed E-state index contributed by atoms with van der Waals surface area (Å²) in [5.41, 5.74) is -3.00. The molecule has 17 heavy (non-hydrogen) atoms. The fourth-order valence-corrected chi connectivity index (χ4v) is 0.974. The zero-order valence-electron chi connectivity index (χ0n) is 8.39. The van der Waals surface area contributed by atoms with Gasteiger partial charge in [-0.1, -0.05) is 0 Å². The molecule has 10 nitrogen and oxygen atoms in total. The number of hydrogen-bond donors (Lipinski definition) is 1. The Bertz CT molecular complexity index is 467. The van der Waals surface area contributed by atoms with E-state index in [1.165, 1.54) is 0 Å². The van der Waals surface area contributed by atoms with Crippen molar-refractivity contribution >= 4 is 35.9 Å². The number of non-ortho nitro benzene ring substituents is 1. The Kier molecular flexibility index (Phi) is 4.57. The second-order valence-electron chi connectivity index (χ2n) is 2.60. The van der Waals surface area contributed by atoms with Crippen LogP contribution in [0.1, 0.15) is 0 Å². The van der Waals surface area contributed by atoms with Crippen LogP contribution in [0.3, 0.4) is 0 Å². The zero-order chi connectivity index (χ0) is 12.5. The van der Waals surface area contributed by atoms with Crippen LogP contribution in [0.2, 0.25) is 0 Å². The molecule has 0 aromatic heterocycles. The van der Waals surface area contributed by atoms with Crippen molar-refractivity contribution in [3.8, 4) is 5.75 Å². The van der Waals surface area contributed by atoms with Gasteiger partial charge in [0.15, 0.2) is 0 Å². The van der Waals surface area contributed by atoms with Crippen molar-refractivity contribution in [1.82, 2.24) is 0 Å². The topological polar surface area (TPSA) is 150 Å². The monoisotopic (exact) mass is 236 g/mol. The molecule has 0 unspecified atom stereocenters. The Balaban J connectivity index is 0.00000256. The van der Waals surface area contributed by atoms with Crippen molar-refractivity contribution in [2.75, 3.05) is 0 Å². The van der Waals surface area contributed by atoms with E-state index < -0.39 is 37.6 Å². The summed E-state index contributed by atoms with van der Waals surface area (Å²) in [4.78, 5) is 27.8. The van der Waals surface area contributed by atoms with Gasteiger partial charge in [0, 0.05) is 18.9 Å². The Morgan fingerprint density at radius 3 is 1.47 bits per heavy atom. The third kappa shape index (κ3) is 2.89. The Labute approximate surface area is 104 Å². The molecular weight excluding hydrogens is 233 g/mol. The molecule has 11 heteroatoms. The molecule has 0 aliphatic carbocycles. The molecule has 1 N–H and O–H groups in total. The summed E-state index contributed by atoms with van der Waals surface area (Å²) >= 11 is 0. The Morgan fingerprint density at radius 2 is 1.24 bits per heavy atom. The summed E-state index contributed by atoms with van der Waals surface area (Å²) in [6.45, 7) is 0. The van der Waals surface area contributed by atoms with Crippen molar-refractivity contribution in [1.29, 1.82) is 0 Å². The molecule has 0 aliphatic heterocycles. The molecular formula is C6H3LiN3O7. The van der Waals surface area contributed by atoms with Crippen molar-refractivity contribution in [2.45, 2.75) is 0 Å². The van der Waals surface area contributed by atoms with E-state index in [4.69, 9.17) is 5.11 Å². The fourth-order valence-electron chi connectivity index (χ4n) is 0.974. The number of benzene rings is 1. The maximum Gasteiger partial charge on any atom is 0.324 e. The van der Waals surface area contributed by atoms with Gasteiger partial charge in [-0.3, -0.25) is 30.3 Å². The minimum Gasteiger partial charge on any atom is -0.497 e. The molecule has 0 saturated heterocycles. The first-order chi connectivity index (χ1) is 7.34. The first kappa shape index (κ1) is 14.8. The van der Waals surface area contributed by atoms with E-state index in [-0.39, 0.29) is 18.9 Å². The molecule has 0 bridgehead atoms. The molecule has 0 atom stereocenters. The second-order valence-corrected chi connectivity index (χ2v) is 2.60. The molecule has 0 aliphatic rings. The number of nitrogens with zero attached hydrogens (tertiary/aromatic N) is 3. The third-order valence-electron chi connectivity index (χ3n) is 1.66. The summed E-state index contributed by atoms with van der Waals surface area (Å²) in [5, 5.41) is 40.2. The summed E-state index contributed by atoms with van der Waals surface area (Å²) < 4.78 is 0. The van der Waals surface area contributed by atoms with E-state index in [9.17, 15) is 30.3 Å². The van der Waals surface area contributed by atoms with Gasteiger partial charge < -0.3 is 5.11 Å². The van der Waals surface area contributed by atoms with E-state index in [2.05, 4.69) is 0 Å². The zero-order valence-corrected chi connectivity index (χ0v) is 8.39. The molecule has 0 amide bonds. The molecule has 0 heterocycles. The van der Waals surface area contributed by atoms with Crippen LogP contribution >= 0.6 is 0 Å². The van der Waals surface area contributed by atoms with Crippen LogP contribution in [0, 0.1) is 30.3 Å². The van der Waals surface area contributed by atoms with Crippen molar-refractivity contribution in [2.24, 2.45) is 0 Å². The molecule has 0 spiro atoms. The molecule has 1 radical (unpaired) electrons. The van der Waals surface area contributed by atoms with Crippen LogP contribution in [0.15, 0.2) is 12.1 Å². The van der Waals surface area contributed by atoms with Gasteiger partial charge in [-0.25, -0.2) is 0 Å². The van der Waals surface area contributed by atoms with Gasteiger partial charge in [0.1, 0.15) is 0 Å². The predicted octanol–water partition coefficient (Wildman–Crippen LogP) is 0.736. The van der Waals surface area contributed by atoms with Crippen LogP contribution in [-0.2, 0) is 0 Å². The molecule has 85 valence electrons. The first-order valence-electron chi connectivity index (χ1n) is 3.64. The van der Waals surface area contributed by atoms with Crippen LogP contribution in [0.25, 0.3) is 0 Å². The van der Waals surface area contributed by atoms with Crippen LogP contribution in [0.4, 0.5) is 17.1 Å².